The monoisotopic (exact) mass is 318 g/mol. The minimum Gasteiger partial charge on any atom is -0.508 e. The lowest BCUT2D eigenvalue weighted by Gasteiger charge is -2.36. The molecule has 0 bridgehead atoms. The van der Waals surface area contributed by atoms with Crippen LogP contribution in [0.5, 0.6) is 0 Å². The van der Waals surface area contributed by atoms with E-state index in [1.165, 1.54) is 11.1 Å². The lowest BCUT2D eigenvalue weighted by molar-refractivity contribution is 0.197. The van der Waals surface area contributed by atoms with E-state index in [0.717, 1.165) is 5.75 Å². The van der Waals surface area contributed by atoms with Crippen LogP contribution in [0.3, 0.4) is 0 Å². The molecule has 1 saturated heterocycles. The van der Waals surface area contributed by atoms with E-state index in [-0.39, 0.29) is 11.2 Å². The Bertz CT molecular complexity index is 594. The predicted molar refractivity (Wildman–Crippen MR) is 91.4 cm³/mol. The van der Waals surface area contributed by atoms with Crippen LogP contribution >= 0.6 is 23.5 Å². The number of aliphatic hydroxyl groups is 2. The summed E-state index contributed by atoms with van der Waals surface area (Å²) in [7, 11) is 0. The van der Waals surface area contributed by atoms with Crippen LogP contribution in [0, 0.1) is 18.3 Å². The molecule has 2 N–H and O–H groups in total. The first-order chi connectivity index (χ1) is 10.1. The van der Waals surface area contributed by atoms with E-state index >= 15 is 0 Å². The molecule has 0 spiro atoms. The molecule has 1 aliphatic heterocycles. The van der Waals surface area contributed by atoms with Crippen LogP contribution in [0.15, 0.2) is 47.3 Å². The number of aliphatic hydroxyl groups excluding tert-OH is 2. The largest absolute Gasteiger partial charge is 0.508 e. The maximum Gasteiger partial charge on any atom is 0.112 e. The average Bonchev–Trinajstić information content (AvgIpc) is 2.48. The van der Waals surface area contributed by atoms with Gasteiger partial charge in [-0.05, 0) is 30.2 Å². The van der Waals surface area contributed by atoms with Crippen LogP contribution in [0.2, 0.25) is 0 Å². The van der Waals surface area contributed by atoms with Gasteiger partial charge in [0.1, 0.15) is 5.76 Å². The minimum atomic E-state index is -0.591. The van der Waals surface area contributed by atoms with Gasteiger partial charge in [-0.1, -0.05) is 24.1 Å². The molecule has 0 radical (unpaired) electrons. The Morgan fingerprint density at radius 3 is 2.86 bits per heavy atom. The molecule has 3 aliphatic rings. The van der Waals surface area contributed by atoms with E-state index in [1.54, 1.807) is 6.08 Å². The molecule has 0 aromatic heterocycles. The molecule has 1 fully saturated rings. The standard InChI is InChI=1S/C17H18O2S2/c1-3-11-6-10(2)13(8-14(11)19)17-9-20-15-5-4-12(18)7-16(15)21-17/h1,4-8,11,14-19H,9H2,2H3/t11?,14?,15-,16?,17-/m0/s1. The van der Waals surface area contributed by atoms with E-state index in [9.17, 15) is 10.2 Å². The van der Waals surface area contributed by atoms with E-state index in [1.807, 2.05) is 41.8 Å². The number of fused-ring (bicyclic) bond motifs is 1. The fraction of sp³-hybridized carbons (Fsp3) is 0.412. The van der Waals surface area contributed by atoms with E-state index < -0.39 is 6.10 Å². The molecule has 21 heavy (non-hydrogen) atoms. The lowest BCUT2D eigenvalue weighted by atomic mass is 9.88. The molecule has 1 heterocycles. The van der Waals surface area contributed by atoms with E-state index in [4.69, 9.17) is 6.42 Å². The van der Waals surface area contributed by atoms with Gasteiger partial charge in [-0.3, -0.25) is 0 Å². The molecular weight excluding hydrogens is 300 g/mol. The molecule has 0 saturated carbocycles. The molecule has 5 atom stereocenters. The van der Waals surface area contributed by atoms with Crippen molar-refractivity contribution in [3.63, 3.8) is 0 Å². The third kappa shape index (κ3) is 2.96. The van der Waals surface area contributed by atoms with Crippen molar-refractivity contribution in [3.8, 4) is 12.3 Å². The molecule has 0 aromatic carbocycles. The molecular formula is C17H18O2S2. The lowest BCUT2D eigenvalue weighted by Crippen LogP contribution is -2.32. The van der Waals surface area contributed by atoms with Gasteiger partial charge >= 0.3 is 0 Å². The van der Waals surface area contributed by atoms with Gasteiger partial charge in [0.15, 0.2) is 0 Å². The van der Waals surface area contributed by atoms with Crippen LogP contribution < -0.4 is 0 Å². The van der Waals surface area contributed by atoms with Gasteiger partial charge in [-0.2, -0.15) is 11.8 Å². The van der Waals surface area contributed by atoms with Gasteiger partial charge in [-0.25, -0.2) is 0 Å². The first kappa shape index (κ1) is 14.9. The number of thioether (sulfide) groups is 2. The molecule has 3 unspecified atom stereocenters. The first-order valence-corrected chi connectivity index (χ1v) is 8.98. The fourth-order valence-electron chi connectivity index (χ4n) is 2.87. The molecule has 0 aromatic rings. The highest BCUT2D eigenvalue weighted by Gasteiger charge is 2.34. The first-order valence-electron chi connectivity index (χ1n) is 6.99. The number of terminal acetylenes is 1. The molecule has 0 amide bonds. The van der Waals surface area contributed by atoms with Crippen molar-refractivity contribution in [2.24, 2.45) is 5.92 Å². The Morgan fingerprint density at radius 2 is 2.10 bits per heavy atom. The summed E-state index contributed by atoms with van der Waals surface area (Å²) in [6, 6.07) is 0. The Morgan fingerprint density at radius 1 is 1.29 bits per heavy atom. The third-order valence-corrected chi connectivity index (χ3v) is 7.26. The van der Waals surface area contributed by atoms with Crippen molar-refractivity contribution in [2.75, 3.05) is 5.75 Å². The van der Waals surface area contributed by atoms with Gasteiger partial charge in [-0.15, -0.1) is 18.2 Å². The summed E-state index contributed by atoms with van der Waals surface area (Å²) in [6.45, 7) is 2.06. The second-order valence-electron chi connectivity index (χ2n) is 5.49. The van der Waals surface area contributed by atoms with E-state index in [2.05, 4.69) is 18.9 Å². The number of hydrogen-bond acceptors (Lipinski definition) is 4. The Labute approximate surface area is 134 Å². The second-order valence-corrected chi connectivity index (χ2v) is 8.09. The van der Waals surface area contributed by atoms with Crippen molar-refractivity contribution in [2.45, 2.75) is 28.8 Å². The zero-order chi connectivity index (χ0) is 15.0. The van der Waals surface area contributed by atoms with Gasteiger partial charge in [0.2, 0.25) is 0 Å². The topological polar surface area (TPSA) is 40.5 Å². The van der Waals surface area contributed by atoms with Gasteiger partial charge in [0.25, 0.3) is 0 Å². The summed E-state index contributed by atoms with van der Waals surface area (Å²) >= 11 is 3.77. The summed E-state index contributed by atoms with van der Waals surface area (Å²) in [4.78, 5) is 0. The number of hydrogen-bond donors (Lipinski definition) is 2. The van der Waals surface area contributed by atoms with Crippen molar-refractivity contribution >= 4 is 23.5 Å². The maximum atomic E-state index is 10.1. The summed E-state index contributed by atoms with van der Waals surface area (Å²) in [5.41, 5.74) is 2.35. The zero-order valence-corrected chi connectivity index (χ0v) is 13.4. The van der Waals surface area contributed by atoms with Gasteiger partial charge in [0, 0.05) is 21.5 Å². The number of rotatable bonds is 1. The van der Waals surface area contributed by atoms with Crippen LogP contribution in [-0.4, -0.2) is 37.8 Å². The SMILES string of the molecule is C#CC1C=C(C)C([C@@H]2CS[C@H]3C=CC(O)=CC3S2)=CC1O. The maximum absolute atomic E-state index is 10.1. The van der Waals surface area contributed by atoms with Crippen molar-refractivity contribution in [1.82, 2.24) is 0 Å². The van der Waals surface area contributed by atoms with Crippen molar-refractivity contribution < 1.29 is 10.2 Å². The smallest absolute Gasteiger partial charge is 0.112 e. The number of allylic oxidation sites excluding steroid dienone is 2. The average molecular weight is 318 g/mol. The van der Waals surface area contributed by atoms with Gasteiger partial charge < -0.3 is 10.2 Å². The van der Waals surface area contributed by atoms with Crippen molar-refractivity contribution in [1.29, 1.82) is 0 Å². The highest BCUT2D eigenvalue weighted by molar-refractivity contribution is 8.07. The van der Waals surface area contributed by atoms with E-state index in [0.29, 0.717) is 16.3 Å². The van der Waals surface area contributed by atoms with Crippen LogP contribution in [0.1, 0.15) is 6.92 Å². The quantitative estimate of drug-likeness (QED) is 0.729. The zero-order valence-electron chi connectivity index (χ0n) is 11.8. The Hall–Kier alpha value is -1.02. The minimum absolute atomic E-state index is 0.218. The Balaban J connectivity index is 1.78. The molecule has 3 rings (SSSR count). The van der Waals surface area contributed by atoms with Gasteiger partial charge in [0.05, 0.1) is 12.0 Å². The molecule has 2 nitrogen and oxygen atoms in total. The fourth-order valence-corrected chi connectivity index (χ4v) is 6.14. The van der Waals surface area contributed by atoms with Crippen LogP contribution in [0.4, 0.5) is 0 Å². The normalized spacial score (nSPS) is 38.7. The second kappa shape index (κ2) is 6.00. The highest BCUT2D eigenvalue weighted by atomic mass is 32.2. The summed E-state index contributed by atoms with van der Waals surface area (Å²) in [5.74, 6) is 3.76. The summed E-state index contributed by atoms with van der Waals surface area (Å²) < 4.78 is 0. The Kier molecular flexibility index (Phi) is 4.26. The van der Waals surface area contributed by atoms with Crippen molar-refractivity contribution in [3.05, 3.63) is 47.3 Å². The van der Waals surface area contributed by atoms with Crippen LogP contribution in [0.25, 0.3) is 0 Å². The highest BCUT2D eigenvalue weighted by Crippen LogP contribution is 2.44. The summed E-state index contributed by atoms with van der Waals surface area (Å²) in [6.07, 6.45) is 14.6. The summed E-state index contributed by atoms with van der Waals surface area (Å²) in [5, 5.41) is 20.8. The van der Waals surface area contributed by atoms with Crippen LogP contribution in [-0.2, 0) is 0 Å². The molecule has 4 heteroatoms. The molecule has 2 aliphatic carbocycles. The predicted octanol–water partition coefficient (Wildman–Crippen LogP) is 3.08. The third-order valence-electron chi connectivity index (χ3n) is 4.02. The molecule has 110 valence electrons.